The fourth-order valence-corrected chi connectivity index (χ4v) is 3.46. The molecule has 0 saturated carbocycles. The number of rotatable bonds is 10. The number of benzene rings is 3. The summed E-state index contributed by atoms with van der Waals surface area (Å²) >= 11 is 0. The third-order valence-electron chi connectivity index (χ3n) is 5.05. The predicted molar refractivity (Wildman–Crippen MR) is 127 cm³/mol. The van der Waals surface area contributed by atoms with E-state index in [2.05, 4.69) is 11.4 Å². The lowest BCUT2D eigenvalue weighted by Crippen LogP contribution is -2.22. The van der Waals surface area contributed by atoms with Crippen molar-refractivity contribution < 1.29 is 23.4 Å². The number of hydrogen-bond donors (Lipinski definition) is 1. The highest BCUT2D eigenvalue weighted by Crippen LogP contribution is 2.28. The van der Waals surface area contributed by atoms with Gasteiger partial charge in [0.2, 0.25) is 0 Å². The SMILES string of the molecule is CCOc1ccc(CNC(=O)c2ccc(COc3ccc4ccccc4c3)o2)cc1OCC. The number of amides is 1. The van der Waals surface area contributed by atoms with Crippen molar-refractivity contribution in [2.45, 2.75) is 27.0 Å². The summed E-state index contributed by atoms with van der Waals surface area (Å²) in [4.78, 5) is 12.5. The lowest BCUT2D eigenvalue weighted by Gasteiger charge is -2.12. The molecule has 0 unspecified atom stereocenters. The molecule has 6 heteroatoms. The van der Waals surface area contributed by atoms with Crippen LogP contribution in [0.15, 0.2) is 77.2 Å². The molecule has 4 rings (SSSR count). The van der Waals surface area contributed by atoms with E-state index < -0.39 is 0 Å². The second-order valence-electron chi connectivity index (χ2n) is 7.39. The summed E-state index contributed by atoms with van der Waals surface area (Å²) in [5.74, 6) is 2.63. The molecule has 0 aliphatic rings. The quantitative estimate of drug-likeness (QED) is 0.337. The molecule has 0 bridgehead atoms. The maximum atomic E-state index is 12.5. The summed E-state index contributed by atoms with van der Waals surface area (Å²) < 4.78 is 22.7. The molecule has 1 N–H and O–H groups in total. The average molecular weight is 446 g/mol. The number of fused-ring (bicyclic) bond motifs is 1. The number of carbonyl (C=O) groups is 1. The van der Waals surface area contributed by atoms with Crippen LogP contribution in [0.2, 0.25) is 0 Å². The zero-order valence-electron chi connectivity index (χ0n) is 18.8. The Morgan fingerprint density at radius 1 is 0.818 bits per heavy atom. The third kappa shape index (κ3) is 5.66. The van der Waals surface area contributed by atoms with Crippen LogP contribution in [0.25, 0.3) is 10.8 Å². The Bertz CT molecular complexity index is 1230. The monoisotopic (exact) mass is 445 g/mol. The molecule has 4 aromatic rings. The van der Waals surface area contributed by atoms with Gasteiger partial charge >= 0.3 is 0 Å². The molecule has 3 aromatic carbocycles. The van der Waals surface area contributed by atoms with Gasteiger partial charge < -0.3 is 23.9 Å². The topological polar surface area (TPSA) is 69.9 Å². The molecule has 0 aliphatic carbocycles. The summed E-state index contributed by atoms with van der Waals surface area (Å²) in [6.07, 6.45) is 0. The number of carbonyl (C=O) groups excluding carboxylic acids is 1. The fraction of sp³-hybridized carbons (Fsp3) is 0.222. The van der Waals surface area contributed by atoms with E-state index in [0.29, 0.717) is 37.0 Å². The summed E-state index contributed by atoms with van der Waals surface area (Å²) in [6, 6.07) is 23.1. The Labute approximate surface area is 193 Å². The summed E-state index contributed by atoms with van der Waals surface area (Å²) in [6.45, 7) is 5.52. The molecule has 0 saturated heterocycles. The fourth-order valence-electron chi connectivity index (χ4n) is 3.46. The van der Waals surface area contributed by atoms with E-state index in [4.69, 9.17) is 18.6 Å². The van der Waals surface area contributed by atoms with Crippen molar-refractivity contribution in [3.05, 3.63) is 89.9 Å². The zero-order valence-corrected chi connectivity index (χ0v) is 18.8. The van der Waals surface area contributed by atoms with E-state index in [1.165, 1.54) is 0 Å². The van der Waals surface area contributed by atoms with Crippen LogP contribution in [0, 0.1) is 0 Å². The van der Waals surface area contributed by atoms with Crippen LogP contribution < -0.4 is 19.5 Å². The van der Waals surface area contributed by atoms with Crippen molar-refractivity contribution in [1.82, 2.24) is 5.32 Å². The molecule has 170 valence electrons. The van der Waals surface area contributed by atoms with E-state index >= 15 is 0 Å². The molecule has 6 nitrogen and oxygen atoms in total. The van der Waals surface area contributed by atoms with Crippen LogP contribution in [0.1, 0.15) is 35.7 Å². The molecule has 1 aromatic heterocycles. The summed E-state index contributed by atoms with van der Waals surface area (Å²) in [7, 11) is 0. The van der Waals surface area contributed by atoms with Gasteiger partial charge in [-0.25, -0.2) is 0 Å². The zero-order chi connectivity index (χ0) is 23.0. The lowest BCUT2D eigenvalue weighted by atomic mass is 10.1. The summed E-state index contributed by atoms with van der Waals surface area (Å²) in [5.41, 5.74) is 0.904. The van der Waals surface area contributed by atoms with Gasteiger partial charge in [0.1, 0.15) is 18.1 Å². The van der Waals surface area contributed by atoms with Crippen molar-refractivity contribution in [2.75, 3.05) is 13.2 Å². The third-order valence-corrected chi connectivity index (χ3v) is 5.05. The van der Waals surface area contributed by atoms with Crippen molar-refractivity contribution >= 4 is 16.7 Å². The van der Waals surface area contributed by atoms with Gasteiger partial charge in [-0.05, 0) is 66.6 Å². The smallest absolute Gasteiger partial charge is 0.287 e. The Kier molecular flexibility index (Phi) is 7.15. The molecule has 0 radical (unpaired) electrons. The Hall–Kier alpha value is -3.93. The normalized spacial score (nSPS) is 10.7. The van der Waals surface area contributed by atoms with Gasteiger partial charge in [0.25, 0.3) is 5.91 Å². The molecular formula is C27H27NO5. The first-order valence-electron chi connectivity index (χ1n) is 11.0. The van der Waals surface area contributed by atoms with Crippen molar-refractivity contribution in [1.29, 1.82) is 0 Å². The molecule has 33 heavy (non-hydrogen) atoms. The molecular weight excluding hydrogens is 418 g/mol. The minimum absolute atomic E-state index is 0.238. The van der Waals surface area contributed by atoms with Crippen LogP contribution in [-0.2, 0) is 13.2 Å². The van der Waals surface area contributed by atoms with Gasteiger partial charge in [0.15, 0.2) is 17.3 Å². The first kappa shape index (κ1) is 22.3. The number of hydrogen-bond acceptors (Lipinski definition) is 5. The highest BCUT2D eigenvalue weighted by atomic mass is 16.5. The van der Waals surface area contributed by atoms with Crippen LogP contribution in [0.4, 0.5) is 0 Å². The molecule has 0 fully saturated rings. The van der Waals surface area contributed by atoms with Gasteiger partial charge in [0, 0.05) is 6.54 Å². The van der Waals surface area contributed by atoms with Gasteiger partial charge in [-0.2, -0.15) is 0 Å². The maximum Gasteiger partial charge on any atom is 0.287 e. The van der Waals surface area contributed by atoms with Crippen molar-refractivity contribution in [3.8, 4) is 17.2 Å². The highest BCUT2D eigenvalue weighted by molar-refractivity contribution is 5.91. The van der Waals surface area contributed by atoms with E-state index in [1.807, 2.05) is 68.4 Å². The average Bonchev–Trinajstić information content (AvgIpc) is 3.32. The van der Waals surface area contributed by atoms with E-state index in [1.54, 1.807) is 12.1 Å². The van der Waals surface area contributed by atoms with Crippen molar-refractivity contribution in [3.63, 3.8) is 0 Å². The van der Waals surface area contributed by atoms with Gasteiger partial charge in [-0.3, -0.25) is 4.79 Å². The molecule has 0 spiro atoms. The van der Waals surface area contributed by atoms with Gasteiger partial charge in [0.05, 0.1) is 13.2 Å². The largest absolute Gasteiger partial charge is 0.490 e. The number of nitrogens with one attached hydrogen (secondary N) is 1. The first-order valence-corrected chi connectivity index (χ1v) is 11.0. The number of furan rings is 1. The van der Waals surface area contributed by atoms with E-state index in [-0.39, 0.29) is 18.3 Å². The molecule has 0 aliphatic heterocycles. The standard InChI is InChI=1S/C27H27NO5/c1-3-30-24-13-9-19(15-26(24)31-4-2)17-28-27(29)25-14-12-23(33-25)18-32-22-11-10-20-7-5-6-8-21(20)16-22/h5-16H,3-4,17-18H2,1-2H3,(H,28,29). The summed E-state index contributed by atoms with van der Waals surface area (Å²) in [5, 5.41) is 5.14. The van der Waals surface area contributed by atoms with Gasteiger partial charge in [-0.1, -0.05) is 36.4 Å². The van der Waals surface area contributed by atoms with Crippen LogP contribution in [0.5, 0.6) is 17.2 Å². The Balaban J connectivity index is 1.33. The Morgan fingerprint density at radius 2 is 1.61 bits per heavy atom. The molecule has 1 heterocycles. The minimum atomic E-state index is -0.293. The van der Waals surface area contributed by atoms with Crippen LogP contribution in [0.3, 0.4) is 0 Å². The first-order chi connectivity index (χ1) is 16.2. The Morgan fingerprint density at radius 3 is 2.42 bits per heavy atom. The molecule has 0 atom stereocenters. The predicted octanol–water partition coefficient (Wildman–Crippen LogP) is 5.74. The van der Waals surface area contributed by atoms with Crippen molar-refractivity contribution in [2.24, 2.45) is 0 Å². The van der Waals surface area contributed by atoms with Crippen LogP contribution >= 0.6 is 0 Å². The lowest BCUT2D eigenvalue weighted by molar-refractivity contribution is 0.0919. The maximum absolute atomic E-state index is 12.5. The second kappa shape index (κ2) is 10.6. The number of ether oxygens (including phenoxy) is 3. The van der Waals surface area contributed by atoms with E-state index in [9.17, 15) is 4.79 Å². The minimum Gasteiger partial charge on any atom is -0.490 e. The van der Waals surface area contributed by atoms with E-state index in [0.717, 1.165) is 22.1 Å². The van der Waals surface area contributed by atoms with Crippen LogP contribution in [-0.4, -0.2) is 19.1 Å². The van der Waals surface area contributed by atoms with Gasteiger partial charge in [-0.15, -0.1) is 0 Å². The highest BCUT2D eigenvalue weighted by Gasteiger charge is 2.13. The second-order valence-corrected chi connectivity index (χ2v) is 7.39. The molecule has 1 amide bonds.